The van der Waals surface area contributed by atoms with Crippen molar-refractivity contribution >= 4 is 22.1 Å². The van der Waals surface area contributed by atoms with Crippen molar-refractivity contribution in [2.24, 2.45) is 5.10 Å². The number of carbonyl (C=O) groups is 1. The molecule has 1 amide bonds. The Morgan fingerprint density at radius 2 is 1.63 bits per heavy atom. The number of nitrogens with zero attached hydrogens (tertiary/aromatic N) is 3. The minimum Gasteiger partial charge on any atom is -0.493 e. The van der Waals surface area contributed by atoms with E-state index in [1.54, 1.807) is 6.21 Å². The van der Waals surface area contributed by atoms with Gasteiger partial charge in [0.15, 0.2) is 11.5 Å². The van der Waals surface area contributed by atoms with Crippen LogP contribution in [0.1, 0.15) is 33.6 Å². The minimum absolute atomic E-state index is 0.00621. The second-order valence-corrected chi connectivity index (χ2v) is 12.3. The highest BCUT2D eigenvalue weighted by molar-refractivity contribution is 7.89. The quantitative estimate of drug-likeness (QED) is 0.179. The highest BCUT2D eigenvalue weighted by Gasteiger charge is 2.28. The molecule has 3 aromatic carbocycles. The lowest BCUT2D eigenvalue weighted by Gasteiger charge is -2.22. The molecule has 4 aromatic rings. The van der Waals surface area contributed by atoms with Crippen molar-refractivity contribution in [2.45, 2.75) is 39.0 Å². The summed E-state index contributed by atoms with van der Waals surface area (Å²) in [4.78, 5) is 13.0. The summed E-state index contributed by atoms with van der Waals surface area (Å²) >= 11 is 0. The summed E-state index contributed by atoms with van der Waals surface area (Å²) in [5.41, 5.74) is 9.78. The number of methoxy groups -OCH3 is 2. The van der Waals surface area contributed by atoms with E-state index in [9.17, 15) is 13.2 Å². The molecule has 0 saturated heterocycles. The van der Waals surface area contributed by atoms with Gasteiger partial charge in [-0.15, -0.1) is 0 Å². The molecule has 1 aromatic heterocycles. The fraction of sp³-hybridized carbons (Fsp3) is 0.273. The van der Waals surface area contributed by atoms with Crippen LogP contribution in [0.25, 0.3) is 5.69 Å². The van der Waals surface area contributed by atoms with E-state index in [4.69, 9.17) is 9.47 Å². The Morgan fingerprint density at radius 3 is 2.30 bits per heavy atom. The van der Waals surface area contributed by atoms with Gasteiger partial charge in [0, 0.05) is 35.2 Å². The molecule has 0 spiro atoms. The summed E-state index contributed by atoms with van der Waals surface area (Å²) in [6.45, 7) is 7.85. The predicted octanol–water partition coefficient (Wildman–Crippen LogP) is 5.11. The number of amides is 1. The number of rotatable bonds is 12. The third kappa shape index (κ3) is 7.33. The molecule has 0 aliphatic heterocycles. The fourth-order valence-corrected chi connectivity index (χ4v) is 6.27. The van der Waals surface area contributed by atoms with Gasteiger partial charge in [-0.3, -0.25) is 4.79 Å². The van der Waals surface area contributed by atoms with Crippen LogP contribution in [0.4, 0.5) is 0 Å². The Bertz CT molecular complexity index is 1730. The molecule has 0 unspecified atom stereocenters. The first-order valence-corrected chi connectivity index (χ1v) is 15.3. The first kappa shape index (κ1) is 31.5. The van der Waals surface area contributed by atoms with Crippen molar-refractivity contribution in [2.75, 3.05) is 27.3 Å². The van der Waals surface area contributed by atoms with Gasteiger partial charge in [0.1, 0.15) is 0 Å². The molecule has 0 radical (unpaired) electrons. The number of hydrogen-bond acceptors (Lipinski definition) is 6. The van der Waals surface area contributed by atoms with Crippen LogP contribution in [-0.2, 0) is 21.2 Å². The number of carbonyl (C=O) groups excluding carboxylic acids is 1. The summed E-state index contributed by atoms with van der Waals surface area (Å²) in [5.74, 6) is 0.122. The van der Waals surface area contributed by atoms with Crippen molar-refractivity contribution < 1.29 is 22.7 Å². The Hall–Kier alpha value is -4.41. The van der Waals surface area contributed by atoms with Crippen molar-refractivity contribution in [3.63, 3.8) is 0 Å². The number of aromatic nitrogens is 1. The lowest BCUT2D eigenvalue weighted by Crippen LogP contribution is -2.40. The SMILES string of the molecule is COc1ccc(S(=O)(=O)N(CCc2ccccc2)CC(=O)N/N=C/c2cc(C)n(-c3ccc(C)c(C)c3)c2C)cc1OC. The topological polar surface area (TPSA) is 102 Å². The molecule has 0 bridgehead atoms. The average Bonchev–Trinajstić information content (AvgIpc) is 3.28. The van der Waals surface area contributed by atoms with E-state index in [0.717, 1.165) is 32.5 Å². The average molecular weight is 603 g/mol. The van der Waals surface area contributed by atoms with Crippen LogP contribution in [0.2, 0.25) is 0 Å². The molecule has 0 aliphatic rings. The fourth-order valence-electron chi connectivity index (χ4n) is 4.86. The van der Waals surface area contributed by atoms with Crippen LogP contribution < -0.4 is 14.9 Å². The lowest BCUT2D eigenvalue weighted by atomic mass is 10.1. The molecule has 0 atom stereocenters. The Balaban J connectivity index is 1.53. The van der Waals surface area contributed by atoms with E-state index in [2.05, 4.69) is 47.1 Å². The van der Waals surface area contributed by atoms with Gasteiger partial charge in [-0.2, -0.15) is 9.41 Å². The van der Waals surface area contributed by atoms with Crippen LogP contribution in [0.15, 0.2) is 82.8 Å². The number of nitrogens with one attached hydrogen (secondary N) is 1. The lowest BCUT2D eigenvalue weighted by molar-refractivity contribution is -0.121. The monoisotopic (exact) mass is 602 g/mol. The van der Waals surface area contributed by atoms with Gasteiger partial charge in [-0.05, 0) is 81.1 Å². The molecular weight excluding hydrogens is 564 g/mol. The van der Waals surface area contributed by atoms with E-state index < -0.39 is 22.5 Å². The zero-order chi connectivity index (χ0) is 31.1. The molecular formula is C33H38N4O5S. The first-order chi connectivity index (χ1) is 20.5. The third-order valence-corrected chi connectivity index (χ3v) is 9.26. The van der Waals surface area contributed by atoms with Gasteiger partial charge in [0.25, 0.3) is 5.91 Å². The number of sulfonamides is 1. The van der Waals surface area contributed by atoms with Crippen molar-refractivity contribution in [1.29, 1.82) is 0 Å². The molecule has 9 nitrogen and oxygen atoms in total. The molecule has 226 valence electrons. The van der Waals surface area contributed by atoms with E-state index in [0.29, 0.717) is 12.2 Å². The number of hydrazone groups is 1. The molecule has 10 heteroatoms. The zero-order valence-electron chi connectivity index (χ0n) is 25.4. The number of benzene rings is 3. The van der Waals surface area contributed by atoms with Crippen LogP contribution in [0.5, 0.6) is 11.5 Å². The standard InChI is InChI=1S/C33H38N4O5S/c1-23-12-13-29(18-24(23)2)37-25(3)19-28(26(37)4)21-34-35-33(38)22-36(17-16-27-10-8-7-9-11-27)43(39,40)30-14-15-31(41-5)32(20-30)42-6/h7-15,18-21H,16-17,22H2,1-6H3,(H,35,38)/b34-21+. The largest absolute Gasteiger partial charge is 0.493 e. The maximum Gasteiger partial charge on any atom is 0.255 e. The highest BCUT2D eigenvalue weighted by atomic mass is 32.2. The summed E-state index contributed by atoms with van der Waals surface area (Å²) < 4.78 is 41.3. The smallest absolute Gasteiger partial charge is 0.255 e. The van der Waals surface area contributed by atoms with Crippen molar-refractivity contribution in [3.05, 3.63) is 106 Å². The van der Waals surface area contributed by atoms with Crippen LogP contribution in [0, 0.1) is 27.7 Å². The molecule has 1 heterocycles. The molecule has 0 fully saturated rings. The van der Waals surface area contributed by atoms with Gasteiger partial charge in [-0.1, -0.05) is 36.4 Å². The second kappa shape index (κ2) is 13.7. The van der Waals surface area contributed by atoms with Crippen molar-refractivity contribution in [3.8, 4) is 17.2 Å². The number of hydrogen-bond donors (Lipinski definition) is 1. The zero-order valence-corrected chi connectivity index (χ0v) is 26.2. The maximum atomic E-state index is 13.7. The molecule has 1 N–H and O–H groups in total. The van der Waals surface area contributed by atoms with Gasteiger partial charge in [-0.25, -0.2) is 13.8 Å². The van der Waals surface area contributed by atoms with Crippen LogP contribution >= 0.6 is 0 Å². The Labute approximate surface area is 253 Å². The molecule has 0 saturated carbocycles. The second-order valence-electron chi connectivity index (χ2n) is 10.3. The number of ether oxygens (including phenoxy) is 2. The van der Waals surface area contributed by atoms with Crippen molar-refractivity contribution in [1.82, 2.24) is 14.3 Å². The molecule has 0 aliphatic carbocycles. The van der Waals surface area contributed by atoms with E-state index in [-0.39, 0.29) is 17.2 Å². The normalized spacial score (nSPS) is 11.7. The van der Waals surface area contributed by atoms with E-state index in [1.165, 1.54) is 43.5 Å². The summed E-state index contributed by atoms with van der Waals surface area (Å²) in [7, 11) is -1.15. The van der Waals surface area contributed by atoms with Crippen LogP contribution in [-0.4, -0.2) is 56.7 Å². The van der Waals surface area contributed by atoms with Gasteiger partial charge >= 0.3 is 0 Å². The van der Waals surface area contributed by atoms with E-state index in [1.807, 2.05) is 50.2 Å². The number of aryl methyl sites for hydroxylation is 3. The highest BCUT2D eigenvalue weighted by Crippen LogP contribution is 2.30. The van der Waals surface area contributed by atoms with E-state index >= 15 is 0 Å². The Morgan fingerprint density at radius 1 is 0.907 bits per heavy atom. The van der Waals surface area contributed by atoms with Gasteiger partial charge in [0.05, 0.1) is 31.9 Å². The predicted molar refractivity (Wildman–Crippen MR) is 169 cm³/mol. The van der Waals surface area contributed by atoms with Crippen LogP contribution in [0.3, 0.4) is 0 Å². The summed E-state index contributed by atoms with van der Waals surface area (Å²) in [5, 5.41) is 4.16. The molecule has 43 heavy (non-hydrogen) atoms. The summed E-state index contributed by atoms with van der Waals surface area (Å²) in [6.07, 6.45) is 2.00. The maximum absolute atomic E-state index is 13.7. The van der Waals surface area contributed by atoms with Gasteiger partial charge < -0.3 is 14.0 Å². The third-order valence-electron chi connectivity index (χ3n) is 7.42. The minimum atomic E-state index is -4.07. The van der Waals surface area contributed by atoms with Gasteiger partial charge in [0.2, 0.25) is 10.0 Å². The summed E-state index contributed by atoms with van der Waals surface area (Å²) in [6, 6.07) is 22.2. The Kier molecular flexibility index (Phi) is 10.1. The molecule has 4 rings (SSSR count). The first-order valence-electron chi connectivity index (χ1n) is 13.9.